The van der Waals surface area contributed by atoms with Crippen molar-refractivity contribution in [3.63, 3.8) is 0 Å². The van der Waals surface area contributed by atoms with Crippen LogP contribution in [0.2, 0.25) is 0 Å². The Morgan fingerprint density at radius 2 is 2.24 bits per heavy atom. The number of carbonyl (C=O) groups is 1. The number of aromatic nitrogens is 4. The molecule has 0 spiro atoms. The number of imidazole rings is 1. The number of nitrogens with zero attached hydrogens (tertiary/aromatic N) is 5. The molecule has 0 unspecified atom stereocenters. The van der Waals surface area contributed by atoms with Crippen LogP contribution in [0.15, 0.2) is 24.9 Å². The lowest BCUT2D eigenvalue weighted by molar-refractivity contribution is -0.121. The Morgan fingerprint density at radius 1 is 1.40 bits per heavy atom. The topological polar surface area (TPSA) is 85.2 Å². The van der Waals surface area contributed by atoms with Crippen LogP contribution in [-0.4, -0.2) is 57.8 Å². The van der Waals surface area contributed by atoms with Crippen molar-refractivity contribution >= 4 is 11.7 Å². The molecular formula is C17H24N6O2. The number of nitrogens with one attached hydrogen (secondary N) is 1. The molecule has 25 heavy (non-hydrogen) atoms. The van der Waals surface area contributed by atoms with Gasteiger partial charge in [-0.15, -0.1) is 0 Å². The Bertz CT molecular complexity index is 731. The molecule has 2 aromatic rings. The third kappa shape index (κ3) is 4.14. The molecular weight excluding hydrogens is 320 g/mol. The molecule has 0 aliphatic carbocycles. The lowest BCUT2D eigenvalue weighted by atomic mass is 10.2. The fourth-order valence-corrected chi connectivity index (χ4v) is 3.11. The Labute approximate surface area is 147 Å². The zero-order valence-corrected chi connectivity index (χ0v) is 14.8. The molecule has 1 aliphatic heterocycles. The van der Waals surface area contributed by atoms with Crippen LogP contribution in [0.3, 0.4) is 0 Å². The lowest BCUT2D eigenvalue weighted by Crippen LogP contribution is -2.41. The second kappa shape index (κ2) is 7.60. The SMILES string of the molecule is CO[C@H]1C[C@@H](CNC(=O)Cn2cncc2C)N(c2cc(C)ncn2)C1. The van der Waals surface area contributed by atoms with Crippen molar-refractivity contribution in [1.29, 1.82) is 0 Å². The number of aryl methyl sites for hydroxylation is 2. The van der Waals surface area contributed by atoms with Crippen LogP contribution >= 0.6 is 0 Å². The Kier molecular flexibility index (Phi) is 5.28. The van der Waals surface area contributed by atoms with Crippen molar-refractivity contribution in [2.24, 2.45) is 0 Å². The summed E-state index contributed by atoms with van der Waals surface area (Å²) < 4.78 is 7.35. The molecule has 0 radical (unpaired) electrons. The minimum Gasteiger partial charge on any atom is -0.380 e. The van der Waals surface area contributed by atoms with Gasteiger partial charge in [0.1, 0.15) is 18.7 Å². The summed E-state index contributed by atoms with van der Waals surface area (Å²) >= 11 is 0. The number of methoxy groups -OCH3 is 1. The van der Waals surface area contributed by atoms with Gasteiger partial charge in [0, 0.05) is 43.9 Å². The second-order valence-electron chi connectivity index (χ2n) is 6.38. The van der Waals surface area contributed by atoms with E-state index < -0.39 is 0 Å². The summed E-state index contributed by atoms with van der Waals surface area (Å²) in [7, 11) is 1.72. The van der Waals surface area contributed by atoms with Gasteiger partial charge < -0.3 is 19.5 Å². The van der Waals surface area contributed by atoms with E-state index in [1.807, 2.05) is 24.5 Å². The van der Waals surface area contributed by atoms with Gasteiger partial charge in [0.2, 0.25) is 5.91 Å². The van der Waals surface area contributed by atoms with E-state index in [-0.39, 0.29) is 24.6 Å². The van der Waals surface area contributed by atoms with Crippen LogP contribution in [0, 0.1) is 13.8 Å². The number of amides is 1. The number of ether oxygens (including phenoxy) is 1. The Balaban J connectivity index is 1.62. The first-order valence-electron chi connectivity index (χ1n) is 8.38. The van der Waals surface area contributed by atoms with E-state index in [1.54, 1.807) is 26.0 Å². The summed E-state index contributed by atoms with van der Waals surface area (Å²) in [6.45, 7) is 5.46. The number of hydrogen-bond donors (Lipinski definition) is 1. The average Bonchev–Trinajstić information content (AvgIpc) is 3.19. The molecule has 0 aromatic carbocycles. The third-order valence-electron chi connectivity index (χ3n) is 4.56. The molecule has 3 heterocycles. The van der Waals surface area contributed by atoms with Crippen molar-refractivity contribution in [2.45, 2.75) is 39.0 Å². The van der Waals surface area contributed by atoms with Crippen LogP contribution < -0.4 is 10.2 Å². The van der Waals surface area contributed by atoms with E-state index in [9.17, 15) is 4.79 Å². The molecule has 2 atom stereocenters. The zero-order chi connectivity index (χ0) is 17.8. The van der Waals surface area contributed by atoms with Gasteiger partial charge in [0.25, 0.3) is 0 Å². The highest BCUT2D eigenvalue weighted by atomic mass is 16.5. The van der Waals surface area contributed by atoms with Crippen LogP contribution in [-0.2, 0) is 16.1 Å². The molecule has 1 aliphatic rings. The maximum absolute atomic E-state index is 12.2. The van der Waals surface area contributed by atoms with Crippen molar-refractivity contribution in [2.75, 3.05) is 25.1 Å². The molecule has 1 fully saturated rings. The first-order valence-corrected chi connectivity index (χ1v) is 8.38. The summed E-state index contributed by atoms with van der Waals surface area (Å²) in [6, 6.07) is 2.11. The van der Waals surface area contributed by atoms with E-state index in [0.29, 0.717) is 6.54 Å². The van der Waals surface area contributed by atoms with Gasteiger partial charge in [0.15, 0.2) is 0 Å². The van der Waals surface area contributed by atoms with E-state index in [2.05, 4.69) is 25.2 Å². The summed E-state index contributed by atoms with van der Waals surface area (Å²) in [6.07, 6.45) is 5.97. The van der Waals surface area contributed by atoms with Gasteiger partial charge in [-0.1, -0.05) is 0 Å². The van der Waals surface area contributed by atoms with Crippen LogP contribution in [0.4, 0.5) is 5.82 Å². The van der Waals surface area contributed by atoms with E-state index in [4.69, 9.17) is 4.74 Å². The Morgan fingerprint density at radius 3 is 2.92 bits per heavy atom. The molecule has 134 valence electrons. The minimum absolute atomic E-state index is 0.0271. The summed E-state index contributed by atoms with van der Waals surface area (Å²) in [4.78, 5) is 27.0. The predicted octanol–water partition coefficient (Wildman–Crippen LogP) is 0.700. The monoisotopic (exact) mass is 344 g/mol. The first-order chi connectivity index (χ1) is 12.1. The van der Waals surface area contributed by atoms with Gasteiger partial charge in [-0.3, -0.25) is 4.79 Å². The highest BCUT2D eigenvalue weighted by Crippen LogP contribution is 2.25. The predicted molar refractivity (Wildman–Crippen MR) is 93.3 cm³/mol. The molecule has 1 saturated heterocycles. The number of anilines is 1. The van der Waals surface area contributed by atoms with Crippen molar-refractivity contribution in [3.8, 4) is 0 Å². The fraction of sp³-hybridized carbons (Fsp3) is 0.529. The first kappa shape index (κ1) is 17.3. The van der Waals surface area contributed by atoms with Crippen molar-refractivity contribution in [3.05, 3.63) is 36.3 Å². The molecule has 8 nitrogen and oxygen atoms in total. The molecule has 8 heteroatoms. The minimum atomic E-state index is -0.0271. The molecule has 2 aromatic heterocycles. The maximum Gasteiger partial charge on any atom is 0.240 e. The van der Waals surface area contributed by atoms with Crippen LogP contribution in [0.5, 0.6) is 0 Å². The quantitative estimate of drug-likeness (QED) is 0.830. The summed E-state index contributed by atoms with van der Waals surface area (Å²) in [5, 5.41) is 3.02. The van der Waals surface area contributed by atoms with Gasteiger partial charge >= 0.3 is 0 Å². The lowest BCUT2D eigenvalue weighted by Gasteiger charge is -2.25. The average molecular weight is 344 g/mol. The Hall–Kier alpha value is -2.48. The molecule has 1 amide bonds. The zero-order valence-electron chi connectivity index (χ0n) is 14.8. The van der Waals surface area contributed by atoms with Gasteiger partial charge in [0.05, 0.1) is 18.5 Å². The molecule has 1 N–H and O–H groups in total. The third-order valence-corrected chi connectivity index (χ3v) is 4.56. The number of rotatable bonds is 6. The van der Waals surface area contributed by atoms with Crippen molar-refractivity contribution in [1.82, 2.24) is 24.8 Å². The summed E-state index contributed by atoms with van der Waals surface area (Å²) in [5.41, 5.74) is 1.89. The van der Waals surface area contributed by atoms with Crippen LogP contribution in [0.1, 0.15) is 17.8 Å². The van der Waals surface area contributed by atoms with Gasteiger partial charge in [-0.2, -0.15) is 0 Å². The van der Waals surface area contributed by atoms with E-state index in [0.717, 1.165) is 30.2 Å². The largest absolute Gasteiger partial charge is 0.380 e. The normalized spacial score (nSPS) is 20.0. The maximum atomic E-state index is 12.2. The fourth-order valence-electron chi connectivity index (χ4n) is 3.11. The number of hydrogen-bond acceptors (Lipinski definition) is 6. The molecule has 0 saturated carbocycles. The van der Waals surface area contributed by atoms with Gasteiger partial charge in [-0.05, 0) is 20.3 Å². The van der Waals surface area contributed by atoms with E-state index in [1.165, 1.54) is 0 Å². The second-order valence-corrected chi connectivity index (χ2v) is 6.38. The van der Waals surface area contributed by atoms with Crippen molar-refractivity contribution < 1.29 is 9.53 Å². The van der Waals surface area contributed by atoms with E-state index >= 15 is 0 Å². The molecule has 0 bridgehead atoms. The molecule has 3 rings (SSSR count). The highest BCUT2D eigenvalue weighted by Gasteiger charge is 2.33. The summed E-state index contributed by atoms with van der Waals surface area (Å²) in [5.74, 6) is 0.845. The number of carbonyl (C=O) groups excluding carboxylic acids is 1. The smallest absolute Gasteiger partial charge is 0.240 e. The highest BCUT2D eigenvalue weighted by molar-refractivity contribution is 5.75. The van der Waals surface area contributed by atoms with Gasteiger partial charge in [-0.25, -0.2) is 15.0 Å². The van der Waals surface area contributed by atoms with Crippen LogP contribution in [0.25, 0.3) is 0 Å². The standard InChI is InChI=1S/C17H24N6O2/c1-12-4-16(21-10-20-12)23-8-15(25-3)5-14(23)7-19-17(24)9-22-11-18-6-13(22)2/h4,6,10-11,14-15H,5,7-9H2,1-3H3,(H,19,24)/t14-,15-/m0/s1.